The number of hydrogen-bond acceptors (Lipinski definition) is 5. The molecule has 0 amide bonds. The van der Waals surface area contributed by atoms with Gasteiger partial charge in [0.1, 0.15) is 17.0 Å². The second kappa shape index (κ2) is 5.90. The van der Waals surface area contributed by atoms with Crippen LogP contribution in [0.25, 0.3) is 22.0 Å². The summed E-state index contributed by atoms with van der Waals surface area (Å²) in [6.45, 7) is 0.616. The lowest BCUT2D eigenvalue weighted by Gasteiger charge is -2.00. The molecule has 0 bridgehead atoms. The molecule has 0 atom stereocenters. The monoisotopic (exact) mass is 282 g/mol. The number of nitrogens with zero attached hydrogens (tertiary/aromatic N) is 3. The van der Waals surface area contributed by atoms with E-state index in [0.717, 1.165) is 28.4 Å². The van der Waals surface area contributed by atoms with Gasteiger partial charge in [0.2, 0.25) is 0 Å². The highest BCUT2D eigenvalue weighted by atomic mass is 32.1. The Labute approximate surface area is 121 Å². The molecule has 0 saturated carbocycles. The summed E-state index contributed by atoms with van der Waals surface area (Å²) in [6, 6.07) is 12.1. The molecule has 0 spiro atoms. The summed E-state index contributed by atoms with van der Waals surface area (Å²) >= 11 is 1.65. The second-order valence-corrected chi connectivity index (χ2v) is 5.37. The van der Waals surface area contributed by atoms with Crippen LogP contribution < -0.4 is 5.73 Å². The molecule has 2 aromatic heterocycles. The molecule has 0 aliphatic heterocycles. The van der Waals surface area contributed by atoms with Crippen LogP contribution in [0, 0.1) is 0 Å². The van der Waals surface area contributed by atoms with Crippen molar-refractivity contribution in [2.24, 2.45) is 5.73 Å². The average Bonchev–Trinajstić information content (AvgIpc) is 2.94. The Bertz CT molecular complexity index is 680. The van der Waals surface area contributed by atoms with Gasteiger partial charge in [0, 0.05) is 16.6 Å². The van der Waals surface area contributed by atoms with Crippen LogP contribution in [0.5, 0.6) is 0 Å². The van der Waals surface area contributed by atoms with Gasteiger partial charge < -0.3 is 5.73 Å². The van der Waals surface area contributed by atoms with Gasteiger partial charge in [-0.05, 0) is 19.0 Å². The molecule has 0 fully saturated rings. The largest absolute Gasteiger partial charge is 0.330 e. The highest BCUT2D eigenvalue weighted by Crippen LogP contribution is 2.32. The van der Waals surface area contributed by atoms with Crippen LogP contribution in [0.2, 0.25) is 0 Å². The van der Waals surface area contributed by atoms with E-state index in [2.05, 4.69) is 22.1 Å². The molecular weight excluding hydrogens is 268 g/mol. The summed E-state index contributed by atoms with van der Waals surface area (Å²) in [5.41, 5.74) is 8.69. The first-order valence-corrected chi connectivity index (χ1v) is 7.21. The summed E-state index contributed by atoms with van der Waals surface area (Å²) < 4.78 is 0. The van der Waals surface area contributed by atoms with Crippen LogP contribution in [0.3, 0.4) is 0 Å². The van der Waals surface area contributed by atoms with Crippen LogP contribution in [0.1, 0.15) is 4.88 Å². The molecule has 2 heterocycles. The van der Waals surface area contributed by atoms with E-state index >= 15 is 0 Å². The fraction of sp³-hybridized carbons (Fsp3) is 0.133. The molecule has 1 aromatic carbocycles. The summed E-state index contributed by atoms with van der Waals surface area (Å²) in [7, 11) is 0. The third-order valence-corrected chi connectivity index (χ3v) is 4.05. The fourth-order valence-corrected chi connectivity index (χ4v) is 3.08. The van der Waals surface area contributed by atoms with Crippen molar-refractivity contribution in [3.8, 4) is 22.0 Å². The maximum Gasteiger partial charge on any atom is 0.142 e. The maximum absolute atomic E-state index is 5.71. The molecule has 5 heteroatoms. The lowest BCUT2D eigenvalue weighted by molar-refractivity contribution is 0.986. The molecule has 0 saturated heterocycles. The van der Waals surface area contributed by atoms with E-state index in [9.17, 15) is 0 Å². The Kier molecular flexibility index (Phi) is 3.80. The van der Waals surface area contributed by atoms with Gasteiger partial charge >= 0.3 is 0 Å². The zero-order valence-corrected chi connectivity index (χ0v) is 11.7. The third kappa shape index (κ3) is 2.59. The van der Waals surface area contributed by atoms with E-state index in [4.69, 9.17) is 10.7 Å². The smallest absolute Gasteiger partial charge is 0.142 e. The summed E-state index contributed by atoms with van der Waals surface area (Å²) in [4.78, 5) is 14.1. The minimum Gasteiger partial charge on any atom is -0.330 e. The highest BCUT2D eigenvalue weighted by molar-refractivity contribution is 7.15. The van der Waals surface area contributed by atoms with Crippen molar-refractivity contribution in [3.05, 3.63) is 53.8 Å². The Morgan fingerprint density at radius 2 is 1.95 bits per heavy atom. The minimum atomic E-state index is 0.616. The minimum absolute atomic E-state index is 0.616. The van der Waals surface area contributed by atoms with Crippen molar-refractivity contribution < 1.29 is 0 Å². The third-order valence-electron chi connectivity index (χ3n) is 2.92. The Hall–Kier alpha value is -2.11. The second-order valence-electron chi connectivity index (χ2n) is 4.29. The first-order valence-electron chi connectivity index (χ1n) is 6.40. The van der Waals surface area contributed by atoms with Gasteiger partial charge in [0.25, 0.3) is 0 Å². The standard InChI is InChI=1S/C15H14N4S/c16-8-6-13-14(11-4-2-1-3-5-11)19-15(20-13)12-7-9-17-10-18-12/h1-5,7,9-10H,6,8,16H2. The molecule has 3 rings (SSSR count). The summed E-state index contributed by atoms with van der Waals surface area (Å²) in [5, 5.41) is 0.912. The van der Waals surface area contributed by atoms with Crippen LogP contribution in [0.4, 0.5) is 0 Å². The normalized spacial score (nSPS) is 10.7. The SMILES string of the molecule is NCCc1sc(-c2ccncn2)nc1-c1ccccc1. The van der Waals surface area contributed by atoms with Crippen molar-refractivity contribution in [2.75, 3.05) is 6.54 Å². The van der Waals surface area contributed by atoms with E-state index < -0.39 is 0 Å². The van der Waals surface area contributed by atoms with Gasteiger partial charge in [-0.2, -0.15) is 0 Å². The van der Waals surface area contributed by atoms with Crippen molar-refractivity contribution >= 4 is 11.3 Å². The van der Waals surface area contributed by atoms with Crippen LogP contribution in [-0.4, -0.2) is 21.5 Å². The van der Waals surface area contributed by atoms with Crippen molar-refractivity contribution in [1.29, 1.82) is 0 Å². The quantitative estimate of drug-likeness (QED) is 0.799. The van der Waals surface area contributed by atoms with Crippen LogP contribution in [-0.2, 0) is 6.42 Å². The number of rotatable bonds is 4. The maximum atomic E-state index is 5.71. The van der Waals surface area contributed by atoms with Gasteiger partial charge in [-0.3, -0.25) is 0 Å². The first kappa shape index (κ1) is 12.9. The highest BCUT2D eigenvalue weighted by Gasteiger charge is 2.14. The van der Waals surface area contributed by atoms with E-state index in [1.54, 1.807) is 23.9 Å². The van der Waals surface area contributed by atoms with Crippen LogP contribution >= 0.6 is 11.3 Å². The lowest BCUT2D eigenvalue weighted by atomic mass is 10.1. The number of benzene rings is 1. The Morgan fingerprint density at radius 1 is 1.10 bits per heavy atom. The average molecular weight is 282 g/mol. The van der Waals surface area contributed by atoms with E-state index in [1.807, 2.05) is 24.3 Å². The topological polar surface area (TPSA) is 64.7 Å². The Morgan fingerprint density at radius 3 is 2.65 bits per heavy atom. The molecular formula is C15H14N4S. The lowest BCUT2D eigenvalue weighted by Crippen LogP contribution is -2.02. The van der Waals surface area contributed by atoms with Crippen molar-refractivity contribution in [2.45, 2.75) is 6.42 Å². The van der Waals surface area contributed by atoms with E-state index in [-0.39, 0.29) is 0 Å². The van der Waals surface area contributed by atoms with Crippen LogP contribution in [0.15, 0.2) is 48.9 Å². The van der Waals surface area contributed by atoms with Gasteiger partial charge in [0.15, 0.2) is 0 Å². The van der Waals surface area contributed by atoms with Crippen molar-refractivity contribution in [3.63, 3.8) is 0 Å². The molecule has 0 radical (unpaired) electrons. The molecule has 0 aliphatic carbocycles. The number of hydrogen-bond donors (Lipinski definition) is 1. The zero-order chi connectivity index (χ0) is 13.8. The van der Waals surface area contributed by atoms with Gasteiger partial charge in [-0.1, -0.05) is 30.3 Å². The summed E-state index contributed by atoms with van der Waals surface area (Å²) in [5.74, 6) is 0. The van der Waals surface area contributed by atoms with Crippen molar-refractivity contribution in [1.82, 2.24) is 15.0 Å². The van der Waals surface area contributed by atoms with Gasteiger partial charge in [-0.15, -0.1) is 11.3 Å². The molecule has 20 heavy (non-hydrogen) atoms. The fourth-order valence-electron chi connectivity index (χ4n) is 2.00. The number of thiazole rings is 1. The van der Waals surface area contributed by atoms with E-state index in [0.29, 0.717) is 6.54 Å². The molecule has 100 valence electrons. The summed E-state index contributed by atoms with van der Waals surface area (Å²) in [6.07, 6.45) is 4.10. The van der Waals surface area contributed by atoms with E-state index in [1.165, 1.54) is 4.88 Å². The molecule has 2 N–H and O–H groups in total. The number of nitrogens with two attached hydrogens (primary N) is 1. The zero-order valence-electron chi connectivity index (χ0n) is 10.9. The Balaban J connectivity index is 2.08. The predicted octanol–water partition coefficient (Wildman–Crippen LogP) is 2.77. The molecule has 0 aliphatic rings. The molecule has 3 aromatic rings. The first-order chi connectivity index (χ1) is 9.88. The molecule has 0 unspecified atom stereocenters. The van der Waals surface area contributed by atoms with Gasteiger partial charge in [0.05, 0.1) is 5.69 Å². The predicted molar refractivity (Wildman–Crippen MR) is 81.3 cm³/mol. The number of aromatic nitrogens is 3. The molecule has 4 nitrogen and oxygen atoms in total. The van der Waals surface area contributed by atoms with Gasteiger partial charge in [-0.25, -0.2) is 15.0 Å².